The standard InChI is InChI=1S/C21H28N4O4/c1-5-22-20(24-14-16-8-11-18(27-2)19(12-16)28-3)23-13-15-6-9-17(10-7-15)25-21(26)29-4/h6-12H,5,13-14H2,1-4H3,(H,25,26)(H2,22,23,24). The van der Waals surface area contributed by atoms with Crippen molar-refractivity contribution in [3.63, 3.8) is 0 Å². The second kappa shape index (κ2) is 11.4. The van der Waals surface area contributed by atoms with E-state index in [9.17, 15) is 4.79 Å². The van der Waals surface area contributed by atoms with E-state index in [-0.39, 0.29) is 0 Å². The minimum absolute atomic E-state index is 0.493. The lowest BCUT2D eigenvalue weighted by Crippen LogP contribution is -2.36. The van der Waals surface area contributed by atoms with E-state index in [0.717, 1.165) is 17.7 Å². The molecule has 156 valence electrons. The summed E-state index contributed by atoms with van der Waals surface area (Å²) < 4.78 is 15.2. The molecule has 8 nitrogen and oxygen atoms in total. The zero-order valence-electron chi connectivity index (χ0n) is 17.2. The molecular weight excluding hydrogens is 372 g/mol. The van der Waals surface area contributed by atoms with Crippen LogP contribution in [0.1, 0.15) is 18.1 Å². The molecule has 0 bridgehead atoms. The molecule has 1 amide bonds. The van der Waals surface area contributed by atoms with Crippen LogP contribution in [0.4, 0.5) is 10.5 Å². The van der Waals surface area contributed by atoms with Crippen LogP contribution in [0.2, 0.25) is 0 Å². The highest BCUT2D eigenvalue weighted by molar-refractivity contribution is 5.84. The molecule has 2 rings (SSSR count). The summed E-state index contributed by atoms with van der Waals surface area (Å²) in [5.41, 5.74) is 2.74. The van der Waals surface area contributed by atoms with Crippen molar-refractivity contribution in [2.75, 3.05) is 33.2 Å². The summed E-state index contributed by atoms with van der Waals surface area (Å²) in [5.74, 6) is 2.08. The quantitative estimate of drug-likeness (QED) is 0.466. The van der Waals surface area contributed by atoms with Crippen LogP contribution in [0.15, 0.2) is 47.5 Å². The predicted molar refractivity (Wildman–Crippen MR) is 114 cm³/mol. The number of hydrogen-bond acceptors (Lipinski definition) is 5. The molecule has 0 radical (unpaired) electrons. The van der Waals surface area contributed by atoms with Crippen molar-refractivity contribution in [1.82, 2.24) is 10.6 Å². The molecule has 29 heavy (non-hydrogen) atoms. The summed E-state index contributed by atoms with van der Waals surface area (Å²) in [6, 6.07) is 13.2. The highest BCUT2D eigenvalue weighted by Gasteiger charge is 2.05. The Balaban J connectivity index is 1.98. The van der Waals surface area contributed by atoms with E-state index in [0.29, 0.717) is 36.2 Å². The maximum absolute atomic E-state index is 11.2. The van der Waals surface area contributed by atoms with Gasteiger partial charge in [0, 0.05) is 18.8 Å². The van der Waals surface area contributed by atoms with Crippen LogP contribution in [0, 0.1) is 0 Å². The monoisotopic (exact) mass is 400 g/mol. The number of guanidine groups is 1. The number of ether oxygens (including phenoxy) is 3. The van der Waals surface area contributed by atoms with Gasteiger partial charge in [-0.15, -0.1) is 0 Å². The van der Waals surface area contributed by atoms with Crippen molar-refractivity contribution in [3.05, 3.63) is 53.6 Å². The molecule has 0 atom stereocenters. The molecule has 2 aromatic carbocycles. The van der Waals surface area contributed by atoms with Crippen LogP contribution in [0.25, 0.3) is 0 Å². The van der Waals surface area contributed by atoms with E-state index in [1.165, 1.54) is 7.11 Å². The Morgan fingerprint density at radius 1 is 0.931 bits per heavy atom. The smallest absolute Gasteiger partial charge is 0.411 e. The predicted octanol–water partition coefficient (Wildman–Crippen LogP) is 3.14. The van der Waals surface area contributed by atoms with Crippen LogP contribution < -0.4 is 25.4 Å². The maximum atomic E-state index is 11.2. The summed E-state index contributed by atoms with van der Waals surface area (Å²) >= 11 is 0. The highest BCUT2D eigenvalue weighted by Crippen LogP contribution is 2.27. The van der Waals surface area contributed by atoms with Gasteiger partial charge in [-0.1, -0.05) is 18.2 Å². The number of nitrogens with zero attached hydrogens (tertiary/aromatic N) is 1. The number of amides is 1. The van der Waals surface area contributed by atoms with E-state index < -0.39 is 6.09 Å². The Bertz CT molecular complexity index is 822. The number of hydrogen-bond donors (Lipinski definition) is 3. The topological polar surface area (TPSA) is 93.2 Å². The number of anilines is 1. The summed E-state index contributed by atoms with van der Waals surface area (Å²) in [7, 11) is 4.56. The molecule has 0 fully saturated rings. The minimum Gasteiger partial charge on any atom is -0.493 e. The molecule has 0 aliphatic heterocycles. The minimum atomic E-state index is -0.493. The third kappa shape index (κ3) is 6.91. The Hall–Kier alpha value is -3.42. The normalized spacial score (nSPS) is 10.8. The Morgan fingerprint density at radius 2 is 1.62 bits per heavy atom. The van der Waals surface area contributed by atoms with Gasteiger partial charge in [-0.05, 0) is 42.3 Å². The lowest BCUT2D eigenvalue weighted by molar-refractivity contribution is 0.187. The van der Waals surface area contributed by atoms with Gasteiger partial charge >= 0.3 is 6.09 Å². The van der Waals surface area contributed by atoms with Crippen molar-refractivity contribution in [1.29, 1.82) is 0 Å². The zero-order valence-corrected chi connectivity index (χ0v) is 17.2. The number of benzene rings is 2. The summed E-state index contributed by atoms with van der Waals surface area (Å²) in [6.07, 6.45) is -0.493. The van der Waals surface area contributed by atoms with E-state index >= 15 is 0 Å². The lowest BCUT2D eigenvalue weighted by atomic mass is 10.2. The average Bonchev–Trinajstić information content (AvgIpc) is 2.76. The summed E-state index contributed by atoms with van der Waals surface area (Å²) in [5, 5.41) is 9.15. The van der Waals surface area contributed by atoms with Gasteiger partial charge in [-0.2, -0.15) is 0 Å². The van der Waals surface area contributed by atoms with Crippen LogP contribution in [-0.4, -0.2) is 39.9 Å². The fourth-order valence-corrected chi connectivity index (χ4v) is 2.55. The van der Waals surface area contributed by atoms with Crippen molar-refractivity contribution in [2.45, 2.75) is 20.0 Å². The molecule has 0 spiro atoms. The van der Waals surface area contributed by atoms with E-state index in [1.54, 1.807) is 14.2 Å². The number of aliphatic imine (C=N–C) groups is 1. The maximum Gasteiger partial charge on any atom is 0.411 e. The fraction of sp³-hybridized carbons (Fsp3) is 0.333. The number of nitrogens with one attached hydrogen (secondary N) is 3. The van der Waals surface area contributed by atoms with Crippen LogP contribution >= 0.6 is 0 Å². The van der Waals surface area contributed by atoms with Crippen molar-refractivity contribution < 1.29 is 19.0 Å². The molecule has 0 aromatic heterocycles. The molecule has 0 heterocycles. The first-order valence-electron chi connectivity index (χ1n) is 9.26. The second-order valence-electron chi connectivity index (χ2n) is 6.05. The van der Waals surface area contributed by atoms with Gasteiger partial charge in [0.1, 0.15) is 0 Å². The largest absolute Gasteiger partial charge is 0.493 e. The van der Waals surface area contributed by atoms with Gasteiger partial charge in [0.15, 0.2) is 17.5 Å². The average molecular weight is 400 g/mol. The van der Waals surface area contributed by atoms with Gasteiger partial charge < -0.3 is 24.8 Å². The van der Waals surface area contributed by atoms with E-state index in [1.807, 2.05) is 49.4 Å². The molecule has 0 aliphatic rings. The summed E-state index contributed by atoms with van der Waals surface area (Å²) in [6.45, 7) is 3.86. The van der Waals surface area contributed by atoms with Gasteiger partial charge in [-0.3, -0.25) is 5.32 Å². The zero-order chi connectivity index (χ0) is 21.1. The molecule has 0 aliphatic carbocycles. The number of methoxy groups -OCH3 is 3. The molecule has 8 heteroatoms. The van der Waals surface area contributed by atoms with Gasteiger partial charge in [0.05, 0.1) is 27.9 Å². The fourth-order valence-electron chi connectivity index (χ4n) is 2.55. The SMILES string of the molecule is CCNC(=NCc1ccc(OC)c(OC)c1)NCc1ccc(NC(=O)OC)cc1. The van der Waals surface area contributed by atoms with Gasteiger partial charge in [-0.25, -0.2) is 9.79 Å². The third-order valence-corrected chi connectivity index (χ3v) is 4.06. The van der Waals surface area contributed by atoms with E-state index in [4.69, 9.17) is 9.47 Å². The van der Waals surface area contributed by atoms with Crippen molar-refractivity contribution in [2.24, 2.45) is 4.99 Å². The lowest BCUT2D eigenvalue weighted by Gasteiger charge is -2.12. The van der Waals surface area contributed by atoms with Crippen LogP contribution in [0.5, 0.6) is 11.5 Å². The molecule has 0 unspecified atom stereocenters. The van der Waals surface area contributed by atoms with E-state index in [2.05, 4.69) is 25.7 Å². The number of carbonyl (C=O) groups excluding carboxylic acids is 1. The first kappa shape index (κ1) is 21.9. The van der Waals surface area contributed by atoms with Crippen molar-refractivity contribution in [3.8, 4) is 11.5 Å². The molecule has 0 saturated carbocycles. The molecule has 2 aromatic rings. The number of rotatable bonds is 8. The Labute approximate surface area is 171 Å². The van der Waals surface area contributed by atoms with Gasteiger partial charge in [0.2, 0.25) is 0 Å². The highest BCUT2D eigenvalue weighted by atomic mass is 16.5. The van der Waals surface area contributed by atoms with Crippen molar-refractivity contribution >= 4 is 17.7 Å². The van der Waals surface area contributed by atoms with Crippen LogP contribution in [-0.2, 0) is 17.8 Å². The second-order valence-corrected chi connectivity index (χ2v) is 6.05. The van der Waals surface area contributed by atoms with Gasteiger partial charge in [0.25, 0.3) is 0 Å². The van der Waals surface area contributed by atoms with Crippen LogP contribution in [0.3, 0.4) is 0 Å². The molecule has 0 saturated heterocycles. The Morgan fingerprint density at radius 3 is 2.24 bits per heavy atom. The molecule has 3 N–H and O–H groups in total. The third-order valence-electron chi connectivity index (χ3n) is 4.06. The molecular formula is C21H28N4O4. The first-order valence-corrected chi connectivity index (χ1v) is 9.26. The number of carbonyl (C=O) groups is 1. The summed E-state index contributed by atoms with van der Waals surface area (Å²) in [4.78, 5) is 15.9. The first-order chi connectivity index (χ1) is 14.1. The Kier molecular flexibility index (Phi) is 8.62.